The minimum absolute atomic E-state index is 0.0241. The van der Waals surface area contributed by atoms with E-state index in [0.29, 0.717) is 19.4 Å². The van der Waals surface area contributed by atoms with Gasteiger partial charge in [-0.05, 0) is 96.3 Å². The third-order valence-electron chi connectivity index (χ3n) is 15.1. The molecule has 6 heteroatoms. The highest BCUT2D eigenvalue weighted by molar-refractivity contribution is 5.76. The van der Waals surface area contributed by atoms with Crippen LogP contribution >= 0.6 is 0 Å². The number of aliphatic hydroxyl groups is 2. The van der Waals surface area contributed by atoms with E-state index in [0.717, 1.165) is 83.5 Å². The number of aliphatic hydroxyl groups excluding tert-OH is 2. The second-order valence-electron chi connectivity index (χ2n) is 22.4. The Kier molecular flexibility index (Phi) is 61.5. The van der Waals surface area contributed by atoms with E-state index in [4.69, 9.17) is 4.74 Å². The zero-order chi connectivity index (χ0) is 53.6. The van der Waals surface area contributed by atoms with Gasteiger partial charge in [-0.15, -0.1) is 0 Å². The molecule has 0 aromatic carbocycles. The fraction of sp³-hybridized carbons (Fsp3) is 0.853. The van der Waals surface area contributed by atoms with Crippen LogP contribution in [0.3, 0.4) is 0 Å². The summed E-state index contributed by atoms with van der Waals surface area (Å²) in [4.78, 5) is 24.6. The molecule has 1 amide bonds. The number of ether oxygens (including phenoxy) is 1. The van der Waals surface area contributed by atoms with Crippen molar-refractivity contribution in [1.29, 1.82) is 0 Å². The SMILES string of the molecule is CCCCCCCC/C=C\CCCCCCCC(=O)OCCCCC/C=C\C/C=C\CCCCCCCCCC(=O)NC(CO)C(O)/C=C/CCCCCCCCCCCCCCCCCCCCCCCCC. The Morgan fingerprint density at radius 1 is 0.378 bits per heavy atom. The summed E-state index contributed by atoms with van der Waals surface area (Å²) in [5.74, 6) is -0.106. The molecule has 6 nitrogen and oxygen atoms in total. The number of hydrogen-bond acceptors (Lipinski definition) is 5. The summed E-state index contributed by atoms with van der Waals surface area (Å²) in [6.45, 7) is 4.87. The average Bonchev–Trinajstić information content (AvgIpc) is 3.40. The highest BCUT2D eigenvalue weighted by atomic mass is 16.5. The van der Waals surface area contributed by atoms with Gasteiger partial charge >= 0.3 is 5.97 Å². The summed E-state index contributed by atoms with van der Waals surface area (Å²) in [7, 11) is 0. The Bertz CT molecular complexity index is 1240. The van der Waals surface area contributed by atoms with Crippen molar-refractivity contribution in [3.63, 3.8) is 0 Å². The van der Waals surface area contributed by atoms with Gasteiger partial charge in [0.2, 0.25) is 5.91 Å². The van der Waals surface area contributed by atoms with Crippen LogP contribution < -0.4 is 5.32 Å². The summed E-state index contributed by atoms with van der Waals surface area (Å²) in [5, 5.41) is 23.2. The zero-order valence-corrected chi connectivity index (χ0v) is 49.6. The van der Waals surface area contributed by atoms with Gasteiger partial charge in [0.25, 0.3) is 0 Å². The number of hydrogen-bond donors (Lipinski definition) is 3. The lowest BCUT2D eigenvalue weighted by Gasteiger charge is -2.20. The monoisotopic (exact) mass is 1040 g/mol. The van der Waals surface area contributed by atoms with Gasteiger partial charge in [-0.1, -0.05) is 287 Å². The number of unbranched alkanes of at least 4 members (excludes halogenated alkanes) is 44. The number of esters is 1. The number of carbonyl (C=O) groups is 2. The normalized spacial score (nSPS) is 12.9. The van der Waals surface area contributed by atoms with Crippen molar-refractivity contribution in [2.45, 2.75) is 360 Å². The summed E-state index contributed by atoms with van der Waals surface area (Å²) < 4.78 is 5.45. The molecule has 2 unspecified atom stereocenters. The topological polar surface area (TPSA) is 95.9 Å². The van der Waals surface area contributed by atoms with Crippen LogP contribution in [0.5, 0.6) is 0 Å². The van der Waals surface area contributed by atoms with E-state index in [1.165, 1.54) is 238 Å². The lowest BCUT2D eigenvalue weighted by atomic mass is 10.0. The van der Waals surface area contributed by atoms with Crippen LogP contribution in [0.2, 0.25) is 0 Å². The number of amides is 1. The molecule has 2 atom stereocenters. The molecule has 0 aromatic heterocycles. The molecular formula is C68H127NO5. The van der Waals surface area contributed by atoms with Gasteiger partial charge in [0.05, 0.1) is 25.4 Å². The number of rotatable bonds is 61. The van der Waals surface area contributed by atoms with Crippen LogP contribution in [-0.4, -0.2) is 47.4 Å². The minimum atomic E-state index is -0.858. The molecule has 0 fully saturated rings. The fourth-order valence-electron chi connectivity index (χ4n) is 10.0. The van der Waals surface area contributed by atoms with Crippen LogP contribution in [0, 0.1) is 0 Å². The molecule has 0 saturated heterocycles. The number of allylic oxidation sites excluding steroid dienone is 7. The Morgan fingerprint density at radius 2 is 0.676 bits per heavy atom. The van der Waals surface area contributed by atoms with Crippen molar-refractivity contribution in [3.05, 3.63) is 48.6 Å². The van der Waals surface area contributed by atoms with Gasteiger partial charge in [0, 0.05) is 12.8 Å². The molecule has 434 valence electrons. The van der Waals surface area contributed by atoms with Crippen molar-refractivity contribution >= 4 is 11.9 Å². The van der Waals surface area contributed by atoms with Crippen LogP contribution in [0.15, 0.2) is 48.6 Å². The highest BCUT2D eigenvalue weighted by Crippen LogP contribution is 2.17. The lowest BCUT2D eigenvalue weighted by Crippen LogP contribution is -2.45. The fourth-order valence-corrected chi connectivity index (χ4v) is 10.0. The first kappa shape index (κ1) is 71.8. The Hall–Kier alpha value is -2.18. The second-order valence-corrected chi connectivity index (χ2v) is 22.4. The molecular weight excluding hydrogens is 911 g/mol. The average molecular weight is 1040 g/mol. The molecule has 0 heterocycles. The molecule has 3 N–H and O–H groups in total. The maximum absolute atomic E-state index is 12.5. The maximum Gasteiger partial charge on any atom is 0.305 e. The van der Waals surface area contributed by atoms with Crippen LogP contribution in [0.25, 0.3) is 0 Å². The zero-order valence-electron chi connectivity index (χ0n) is 49.6. The highest BCUT2D eigenvalue weighted by Gasteiger charge is 2.18. The largest absolute Gasteiger partial charge is 0.466 e. The Labute approximate surface area is 461 Å². The molecule has 0 aliphatic rings. The smallest absolute Gasteiger partial charge is 0.305 e. The Morgan fingerprint density at radius 3 is 1.04 bits per heavy atom. The quantitative estimate of drug-likeness (QED) is 0.0320. The second kappa shape index (κ2) is 63.4. The van der Waals surface area contributed by atoms with Crippen LogP contribution in [-0.2, 0) is 14.3 Å². The minimum Gasteiger partial charge on any atom is -0.466 e. The van der Waals surface area contributed by atoms with E-state index in [1.54, 1.807) is 6.08 Å². The van der Waals surface area contributed by atoms with Crippen molar-refractivity contribution in [3.8, 4) is 0 Å². The standard InChI is InChI=1S/C68H127NO5/c1-3-5-7-9-11-13-15-17-19-20-21-22-23-24-25-26-27-29-33-36-40-44-48-52-56-60-66(71)65(64-70)69-67(72)61-57-53-49-45-41-37-34-30-28-31-35-39-43-47-51-55-59-63-74-68(73)62-58-54-50-46-42-38-32-18-16-14-12-10-8-6-4-2/h18,28,31-32,39,43,56,60,65-66,70-71H,3-17,19-27,29-30,33-38,40-42,44-55,57-59,61-64H2,1-2H3,(H,69,72)/b31-28-,32-18-,43-39-,60-56+. The van der Waals surface area contributed by atoms with Gasteiger partial charge in [-0.3, -0.25) is 9.59 Å². The lowest BCUT2D eigenvalue weighted by molar-refractivity contribution is -0.143. The van der Waals surface area contributed by atoms with Crippen molar-refractivity contribution < 1.29 is 24.5 Å². The van der Waals surface area contributed by atoms with E-state index in [2.05, 4.69) is 55.6 Å². The maximum atomic E-state index is 12.5. The number of carbonyl (C=O) groups excluding carboxylic acids is 2. The van der Waals surface area contributed by atoms with Gasteiger partial charge in [0.15, 0.2) is 0 Å². The first-order valence-corrected chi connectivity index (χ1v) is 32.9. The summed E-state index contributed by atoms with van der Waals surface area (Å²) in [6, 6.07) is -0.643. The van der Waals surface area contributed by atoms with Crippen LogP contribution in [0.4, 0.5) is 0 Å². The summed E-state index contributed by atoms with van der Waals surface area (Å²) in [6.07, 6.45) is 81.6. The summed E-state index contributed by atoms with van der Waals surface area (Å²) >= 11 is 0. The van der Waals surface area contributed by atoms with Crippen molar-refractivity contribution in [2.24, 2.45) is 0 Å². The summed E-state index contributed by atoms with van der Waals surface area (Å²) in [5.41, 5.74) is 0. The Balaban J connectivity index is 3.52. The molecule has 0 aliphatic heterocycles. The molecule has 74 heavy (non-hydrogen) atoms. The molecule has 0 saturated carbocycles. The van der Waals surface area contributed by atoms with Gasteiger partial charge < -0.3 is 20.3 Å². The first-order chi connectivity index (χ1) is 36.5. The number of nitrogens with one attached hydrogen (secondary N) is 1. The van der Waals surface area contributed by atoms with E-state index in [-0.39, 0.29) is 18.5 Å². The van der Waals surface area contributed by atoms with E-state index >= 15 is 0 Å². The van der Waals surface area contributed by atoms with E-state index in [9.17, 15) is 19.8 Å². The first-order valence-electron chi connectivity index (χ1n) is 32.9. The van der Waals surface area contributed by atoms with Gasteiger partial charge in [-0.2, -0.15) is 0 Å². The van der Waals surface area contributed by atoms with Crippen molar-refractivity contribution in [2.75, 3.05) is 13.2 Å². The third kappa shape index (κ3) is 59.1. The third-order valence-corrected chi connectivity index (χ3v) is 15.1. The molecule has 0 spiro atoms. The molecule has 0 rings (SSSR count). The van der Waals surface area contributed by atoms with Crippen LogP contribution in [0.1, 0.15) is 348 Å². The predicted octanol–water partition coefficient (Wildman–Crippen LogP) is 20.9. The predicted molar refractivity (Wildman–Crippen MR) is 324 cm³/mol. The molecule has 0 radical (unpaired) electrons. The molecule has 0 bridgehead atoms. The van der Waals surface area contributed by atoms with Gasteiger partial charge in [-0.25, -0.2) is 0 Å². The van der Waals surface area contributed by atoms with E-state index in [1.807, 2.05) is 6.08 Å². The molecule has 0 aliphatic carbocycles. The molecule has 0 aromatic rings. The van der Waals surface area contributed by atoms with E-state index < -0.39 is 12.1 Å². The van der Waals surface area contributed by atoms with Crippen molar-refractivity contribution in [1.82, 2.24) is 5.32 Å². The van der Waals surface area contributed by atoms with Gasteiger partial charge in [0.1, 0.15) is 0 Å².